The molecule has 12 aromatic rings. The lowest BCUT2D eigenvalue weighted by Gasteiger charge is -2.19. The summed E-state index contributed by atoms with van der Waals surface area (Å²) in [6.07, 6.45) is 3.19. The number of aromatic nitrogens is 4. The largest absolute Gasteiger partial charge is 0.388 e. The first-order valence-electron chi connectivity index (χ1n) is 33.9. The number of ketones is 4. The van der Waals surface area contributed by atoms with Crippen molar-refractivity contribution in [3.63, 3.8) is 0 Å². The van der Waals surface area contributed by atoms with Crippen LogP contribution in [0.15, 0.2) is 185 Å². The van der Waals surface area contributed by atoms with Crippen LogP contribution in [-0.4, -0.2) is 142 Å². The van der Waals surface area contributed by atoms with Crippen molar-refractivity contribution in [2.24, 2.45) is 0 Å². The Kier molecular flexibility index (Phi) is 22.0. The Morgan fingerprint density at radius 1 is 0.423 bits per heavy atom. The van der Waals surface area contributed by atoms with Crippen molar-refractivity contribution in [2.75, 3.05) is 49.4 Å². The number of aliphatic hydroxyl groups is 4. The summed E-state index contributed by atoms with van der Waals surface area (Å²) in [4.78, 5) is 46.5. The zero-order valence-corrected chi connectivity index (χ0v) is 61.9. The number of hydrogen-bond acceptors (Lipinski definition) is 11. The van der Waals surface area contributed by atoms with Crippen molar-refractivity contribution in [1.82, 2.24) is 18.3 Å². The molecule has 0 amide bonds. The van der Waals surface area contributed by atoms with Crippen LogP contribution >= 0.6 is 36.9 Å². The van der Waals surface area contributed by atoms with Gasteiger partial charge in [0.05, 0.1) is 16.2 Å². The van der Waals surface area contributed by atoms with E-state index < -0.39 is 51.6 Å². The van der Waals surface area contributed by atoms with Crippen LogP contribution in [0.4, 0.5) is 8.78 Å². The molecule has 0 saturated heterocycles. The molecular formula is C82H77BrF2N4O11S4. The van der Waals surface area contributed by atoms with E-state index in [1.807, 2.05) is 53.1 Å². The fourth-order valence-corrected chi connectivity index (χ4v) is 21.0. The normalized spacial score (nSPS) is 17.0. The number of halogens is 3. The highest BCUT2D eigenvalue weighted by molar-refractivity contribution is 9.10. The van der Waals surface area contributed by atoms with E-state index in [1.54, 1.807) is 72.8 Å². The minimum atomic E-state index is -3.40. The molecule has 8 aromatic carbocycles. The monoisotopic (exact) mass is 1540 g/mol. The van der Waals surface area contributed by atoms with Gasteiger partial charge in [0.1, 0.15) is 38.1 Å². The summed E-state index contributed by atoms with van der Waals surface area (Å²) in [6, 6.07) is 53.1. The SMILES string of the molecule is C=S1(=O)CCc2c(c3cc(Br)ccc3n2Cc2ccc(C(=O)CO)cc2)C1.C=S1CCc2c(c3cc(F)ccc3n2Cc2ccc(C(=O)CO)cc2)C1.C=S1CCc2c(c3ccccc3n2Cc2ccc(C(=O)CO)cc2)C1.O=C(CO)c1ccc(Cn2c3c(c4cc(F)ccc42)S(=O)(=O)CC3)cc1. The molecule has 4 aromatic heterocycles. The van der Waals surface area contributed by atoms with Crippen LogP contribution in [0.5, 0.6) is 0 Å². The molecule has 3 atom stereocenters. The number of Topliss-reactive ketones (excluding diaryl/α,β-unsaturated/α-hetero) is 4. The van der Waals surface area contributed by atoms with Crippen molar-refractivity contribution in [2.45, 2.75) is 74.0 Å². The topological polar surface area (TPSA) is 220 Å². The van der Waals surface area contributed by atoms with Gasteiger partial charge in [0, 0.05) is 143 Å². The highest BCUT2D eigenvalue weighted by Crippen LogP contribution is 2.41. The molecule has 15 nitrogen and oxygen atoms in total. The molecule has 4 aliphatic rings. The van der Waals surface area contributed by atoms with Gasteiger partial charge >= 0.3 is 0 Å². The maximum Gasteiger partial charge on any atom is 0.188 e. The molecule has 0 radical (unpaired) electrons. The molecule has 22 heteroatoms. The van der Waals surface area contributed by atoms with E-state index in [4.69, 9.17) is 20.4 Å². The molecular weight excluding hydrogens is 1460 g/mol. The molecule has 8 heterocycles. The van der Waals surface area contributed by atoms with Crippen molar-refractivity contribution in [3.8, 4) is 0 Å². The van der Waals surface area contributed by atoms with Crippen LogP contribution in [0, 0.1) is 11.6 Å². The minimum absolute atomic E-state index is 0.0358. The van der Waals surface area contributed by atoms with Gasteiger partial charge in [-0.3, -0.25) is 23.4 Å². The lowest BCUT2D eigenvalue weighted by atomic mass is 10.1. The number of carbonyl (C=O) groups excluding carboxylic acids is 4. The third-order valence-corrected chi connectivity index (χ3v) is 26.8. The van der Waals surface area contributed by atoms with Crippen LogP contribution in [0.2, 0.25) is 0 Å². The number of aliphatic hydroxyl groups excluding tert-OH is 4. The summed E-state index contributed by atoms with van der Waals surface area (Å²) in [7, 11) is -5.15. The average Bonchev–Trinajstić information content (AvgIpc) is 1.64. The first-order valence-corrected chi connectivity index (χ1v) is 41.9. The van der Waals surface area contributed by atoms with Crippen molar-refractivity contribution >= 4 is 141 Å². The maximum absolute atomic E-state index is 13.8. The van der Waals surface area contributed by atoms with Gasteiger partial charge in [-0.2, -0.15) is 21.0 Å². The molecule has 4 N–H and O–H groups in total. The first-order chi connectivity index (χ1) is 50.0. The highest BCUT2D eigenvalue weighted by atomic mass is 79.9. The third-order valence-electron chi connectivity index (χ3n) is 19.8. The summed E-state index contributed by atoms with van der Waals surface area (Å²) >= 11 is 3.54. The second-order valence-electron chi connectivity index (χ2n) is 26.6. The van der Waals surface area contributed by atoms with Crippen LogP contribution in [0.25, 0.3) is 43.6 Å². The van der Waals surface area contributed by atoms with E-state index in [0.29, 0.717) is 76.4 Å². The lowest BCUT2D eigenvalue weighted by molar-refractivity contribution is 0.0898. The van der Waals surface area contributed by atoms with Gasteiger partial charge in [-0.15, -0.1) is 0 Å². The number of para-hydroxylation sites is 1. The fraction of sp³-hybridized carbons (Fsp3) is 0.232. The molecule has 4 aliphatic heterocycles. The summed E-state index contributed by atoms with van der Waals surface area (Å²) in [5, 5.41) is 39.8. The predicted molar refractivity (Wildman–Crippen MR) is 420 cm³/mol. The van der Waals surface area contributed by atoms with E-state index in [2.05, 4.69) is 83.6 Å². The molecule has 0 aliphatic carbocycles. The van der Waals surface area contributed by atoms with Crippen LogP contribution in [-0.2, 0) is 88.5 Å². The molecule has 104 heavy (non-hydrogen) atoms. The Hall–Kier alpha value is -8.81. The number of benzene rings is 8. The fourth-order valence-electron chi connectivity index (χ4n) is 14.6. The van der Waals surface area contributed by atoms with Crippen LogP contribution < -0.4 is 0 Å². The molecule has 536 valence electrons. The van der Waals surface area contributed by atoms with Gasteiger partial charge in [-0.25, -0.2) is 17.2 Å². The lowest BCUT2D eigenvalue weighted by Crippen LogP contribution is -2.20. The highest BCUT2D eigenvalue weighted by Gasteiger charge is 2.34. The van der Waals surface area contributed by atoms with Gasteiger partial charge in [0.25, 0.3) is 0 Å². The number of fused-ring (bicyclic) bond motifs is 12. The molecule has 3 unspecified atom stereocenters. The molecule has 0 fully saturated rings. The van der Waals surface area contributed by atoms with Gasteiger partial charge in [0.15, 0.2) is 33.0 Å². The molecule has 0 bridgehead atoms. The van der Waals surface area contributed by atoms with E-state index >= 15 is 0 Å². The van der Waals surface area contributed by atoms with E-state index in [1.165, 1.54) is 57.3 Å². The quantitative estimate of drug-likeness (QED) is 0.0526. The zero-order valence-electron chi connectivity index (χ0n) is 57.0. The second kappa shape index (κ2) is 31.1. The number of sulfone groups is 1. The van der Waals surface area contributed by atoms with E-state index in [0.717, 1.165) is 103 Å². The van der Waals surface area contributed by atoms with E-state index in [-0.39, 0.29) is 60.6 Å². The minimum Gasteiger partial charge on any atom is -0.388 e. The zero-order chi connectivity index (χ0) is 73.3. The standard InChI is InChI=1S/C21H20BrNO3S.C21H20FNO2S.C21H21NO2S.C19H16FNO4S/c1-27(26)9-8-20-18(13-27)17-10-16(22)6-7-19(17)23(20)11-14-2-4-15(5-3-14)21(25)12-24;1-26-9-8-20-18(13-26)17-10-16(22)6-7-19(17)23(20)11-14-2-4-15(5-3-14)21(25)12-24;1-25-11-10-20-18(14-25)17-4-2-3-5-19(17)22(20)12-15-6-8-16(9-7-15)21(24)13-23;20-14-5-6-16-15(9-14)19-17(7-8-26(19,24)25)21(16)10-12-1-3-13(4-2-12)18(23)11-22/h2-7,10,24H,1,8-9,11-13H2;2-7,10,24H,1,8-9,11-13H2;2-9,23H,1,10-14H2;1-6,9,22H,7-8,10-11H2. The number of carbonyl (C=O) groups is 4. The Morgan fingerprint density at radius 2 is 0.779 bits per heavy atom. The van der Waals surface area contributed by atoms with Crippen molar-refractivity contribution < 1.29 is 61.0 Å². The van der Waals surface area contributed by atoms with Gasteiger partial charge in [0.2, 0.25) is 0 Å². The van der Waals surface area contributed by atoms with Gasteiger partial charge in [-0.05, 0) is 146 Å². The number of nitrogens with zero attached hydrogens (tertiary/aromatic N) is 4. The first kappa shape index (κ1) is 73.5. The maximum atomic E-state index is 13.8. The van der Waals surface area contributed by atoms with Gasteiger partial charge in [-0.1, -0.05) is 143 Å². The number of rotatable bonds is 16. The summed E-state index contributed by atoms with van der Waals surface area (Å²) in [5.74, 6) is 16.0. The smallest absolute Gasteiger partial charge is 0.188 e. The Balaban J connectivity index is 0.000000123. The number of hydrogen-bond donors (Lipinski definition) is 4. The third kappa shape index (κ3) is 15.5. The Labute approximate surface area is 614 Å². The summed E-state index contributed by atoms with van der Waals surface area (Å²) in [5.41, 5.74) is 18.8. The average molecular weight is 1540 g/mol. The predicted octanol–water partition coefficient (Wildman–Crippen LogP) is 13.1. The van der Waals surface area contributed by atoms with Crippen molar-refractivity contribution in [1.29, 1.82) is 0 Å². The van der Waals surface area contributed by atoms with E-state index in [9.17, 15) is 40.6 Å². The van der Waals surface area contributed by atoms with Crippen molar-refractivity contribution in [3.05, 3.63) is 276 Å². The summed E-state index contributed by atoms with van der Waals surface area (Å²) in [6.45, 7) is 0.632. The molecule has 16 rings (SSSR count). The van der Waals surface area contributed by atoms with Crippen LogP contribution in [0.3, 0.4) is 0 Å². The molecule has 0 spiro atoms. The Morgan fingerprint density at radius 3 is 1.22 bits per heavy atom. The summed E-state index contributed by atoms with van der Waals surface area (Å²) < 4.78 is 74.8. The Bertz CT molecular complexity index is 5660. The molecule has 0 saturated carbocycles. The van der Waals surface area contributed by atoms with Crippen LogP contribution in [0.1, 0.15) is 103 Å². The van der Waals surface area contributed by atoms with Gasteiger partial charge < -0.3 is 38.7 Å². The second-order valence-corrected chi connectivity index (χ2v) is 36.0.